The van der Waals surface area contributed by atoms with E-state index in [1.807, 2.05) is 12.3 Å². The zero-order valence-corrected chi connectivity index (χ0v) is 9.90. The molecule has 0 radical (unpaired) electrons. The van der Waals surface area contributed by atoms with Gasteiger partial charge in [0.1, 0.15) is 0 Å². The molecule has 0 aliphatic heterocycles. The highest BCUT2D eigenvalue weighted by Crippen LogP contribution is 2.19. The number of nitrogens with zero attached hydrogens (tertiary/aromatic N) is 2. The Hall–Kier alpha value is -0.960. The molecular weight excluding hydrogens is 186 g/mol. The van der Waals surface area contributed by atoms with Crippen LogP contribution in [0.4, 0.5) is 0 Å². The summed E-state index contributed by atoms with van der Waals surface area (Å²) in [6, 6.07) is 2.46. The molecule has 3 nitrogen and oxygen atoms in total. The lowest BCUT2D eigenvalue weighted by molar-refractivity contribution is 0.429. The Balaban J connectivity index is 2.63. The Morgan fingerprint density at radius 1 is 1.33 bits per heavy atom. The average Bonchev–Trinajstić information content (AvgIpc) is 2.25. The average molecular weight is 207 g/mol. The van der Waals surface area contributed by atoms with E-state index in [4.69, 9.17) is 0 Å². The number of hydrogen-bond donors (Lipinski definition) is 1. The normalized spacial score (nSPS) is 13.1. The molecule has 3 heteroatoms. The fourth-order valence-electron chi connectivity index (χ4n) is 1.63. The van der Waals surface area contributed by atoms with Gasteiger partial charge in [0.2, 0.25) is 0 Å². The van der Waals surface area contributed by atoms with E-state index in [-0.39, 0.29) is 0 Å². The summed E-state index contributed by atoms with van der Waals surface area (Å²) < 4.78 is 0. The number of aromatic nitrogens is 2. The van der Waals surface area contributed by atoms with Crippen molar-refractivity contribution in [3.8, 4) is 0 Å². The first-order chi connectivity index (χ1) is 7.24. The summed E-state index contributed by atoms with van der Waals surface area (Å²) >= 11 is 0. The predicted octanol–water partition coefficient (Wildman–Crippen LogP) is 2.56. The van der Waals surface area contributed by atoms with Crippen LogP contribution in [0.3, 0.4) is 0 Å². The van der Waals surface area contributed by atoms with Gasteiger partial charge in [-0.15, -0.1) is 0 Å². The van der Waals surface area contributed by atoms with Crippen LogP contribution >= 0.6 is 0 Å². The van der Waals surface area contributed by atoms with E-state index >= 15 is 0 Å². The highest BCUT2D eigenvalue weighted by atomic mass is 15.1. The Kier molecular flexibility index (Phi) is 5.26. The summed E-state index contributed by atoms with van der Waals surface area (Å²) in [6.07, 6.45) is 5.92. The molecular formula is C12H21N3. The molecule has 1 unspecified atom stereocenters. The molecule has 0 bridgehead atoms. The maximum atomic E-state index is 3.93. The lowest BCUT2D eigenvalue weighted by Gasteiger charge is -2.20. The van der Waals surface area contributed by atoms with Crippen LogP contribution in [-0.2, 0) is 0 Å². The van der Waals surface area contributed by atoms with Gasteiger partial charge in [-0.25, -0.2) is 0 Å². The molecule has 84 valence electrons. The van der Waals surface area contributed by atoms with Gasteiger partial charge in [-0.05, 0) is 36.9 Å². The summed E-state index contributed by atoms with van der Waals surface area (Å²) in [6.45, 7) is 7.73. The first-order valence-electron chi connectivity index (χ1n) is 5.74. The van der Waals surface area contributed by atoms with Crippen molar-refractivity contribution in [3.05, 3.63) is 24.0 Å². The molecule has 0 amide bonds. The molecule has 0 fully saturated rings. The maximum Gasteiger partial charge on any atom is 0.0544 e. The van der Waals surface area contributed by atoms with Crippen LogP contribution in [0.1, 0.15) is 45.2 Å². The highest BCUT2D eigenvalue weighted by Gasteiger charge is 2.12. The topological polar surface area (TPSA) is 37.8 Å². The quantitative estimate of drug-likeness (QED) is 0.779. The van der Waals surface area contributed by atoms with Crippen molar-refractivity contribution in [1.82, 2.24) is 15.5 Å². The highest BCUT2D eigenvalue weighted by molar-refractivity contribution is 5.11. The van der Waals surface area contributed by atoms with Gasteiger partial charge in [0.15, 0.2) is 0 Å². The SMILES string of the molecule is CCCNC(CC(C)C)c1ccnnc1. The molecule has 1 aromatic rings. The third-order valence-electron chi connectivity index (χ3n) is 2.36. The summed E-state index contributed by atoms with van der Waals surface area (Å²) in [5.74, 6) is 0.688. The molecule has 0 aromatic carbocycles. The Labute approximate surface area is 92.3 Å². The number of rotatable bonds is 6. The van der Waals surface area contributed by atoms with Crippen LogP contribution in [0.15, 0.2) is 18.5 Å². The van der Waals surface area contributed by atoms with Crippen molar-refractivity contribution in [2.75, 3.05) is 6.54 Å². The van der Waals surface area contributed by atoms with Crippen LogP contribution in [0.25, 0.3) is 0 Å². The van der Waals surface area contributed by atoms with Gasteiger partial charge in [-0.1, -0.05) is 20.8 Å². The van der Waals surface area contributed by atoms with Gasteiger partial charge in [0.05, 0.1) is 6.20 Å². The minimum atomic E-state index is 0.417. The van der Waals surface area contributed by atoms with E-state index in [2.05, 4.69) is 36.3 Å². The Bertz CT molecular complexity index is 259. The largest absolute Gasteiger partial charge is 0.310 e. The van der Waals surface area contributed by atoms with Gasteiger partial charge < -0.3 is 5.32 Å². The second-order valence-electron chi connectivity index (χ2n) is 4.31. The predicted molar refractivity (Wildman–Crippen MR) is 62.5 cm³/mol. The fourth-order valence-corrected chi connectivity index (χ4v) is 1.63. The third-order valence-corrected chi connectivity index (χ3v) is 2.36. The van der Waals surface area contributed by atoms with Gasteiger partial charge >= 0.3 is 0 Å². The summed E-state index contributed by atoms with van der Waals surface area (Å²) in [5, 5.41) is 11.3. The summed E-state index contributed by atoms with van der Waals surface area (Å²) in [4.78, 5) is 0. The maximum absolute atomic E-state index is 3.93. The Morgan fingerprint density at radius 2 is 2.13 bits per heavy atom. The van der Waals surface area contributed by atoms with Crippen LogP contribution in [0.5, 0.6) is 0 Å². The minimum Gasteiger partial charge on any atom is -0.310 e. The van der Waals surface area contributed by atoms with E-state index < -0.39 is 0 Å². The molecule has 1 N–H and O–H groups in total. The van der Waals surface area contributed by atoms with Crippen molar-refractivity contribution in [2.24, 2.45) is 5.92 Å². The molecule has 0 saturated carbocycles. The second kappa shape index (κ2) is 6.51. The van der Waals surface area contributed by atoms with Crippen molar-refractivity contribution >= 4 is 0 Å². The smallest absolute Gasteiger partial charge is 0.0544 e. The van der Waals surface area contributed by atoms with Crippen molar-refractivity contribution < 1.29 is 0 Å². The van der Waals surface area contributed by atoms with Gasteiger partial charge in [0, 0.05) is 12.2 Å². The van der Waals surface area contributed by atoms with E-state index in [1.165, 1.54) is 5.56 Å². The van der Waals surface area contributed by atoms with E-state index in [9.17, 15) is 0 Å². The van der Waals surface area contributed by atoms with E-state index in [1.54, 1.807) is 6.20 Å². The van der Waals surface area contributed by atoms with Gasteiger partial charge in [-0.2, -0.15) is 10.2 Å². The first-order valence-corrected chi connectivity index (χ1v) is 5.74. The zero-order valence-electron chi connectivity index (χ0n) is 9.90. The molecule has 0 aliphatic carbocycles. The summed E-state index contributed by atoms with van der Waals surface area (Å²) in [5.41, 5.74) is 1.24. The van der Waals surface area contributed by atoms with Crippen LogP contribution in [0.2, 0.25) is 0 Å². The zero-order chi connectivity index (χ0) is 11.1. The van der Waals surface area contributed by atoms with Crippen LogP contribution in [-0.4, -0.2) is 16.7 Å². The molecule has 0 aliphatic rings. The lowest BCUT2D eigenvalue weighted by Crippen LogP contribution is -2.23. The minimum absolute atomic E-state index is 0.417. The molecule has 1 aromatic heterocycles. The number of nitrogens with one attached hydrogen (secondary N) is 1. The lowest BCUT2D eigenvalue weighted by atomic mass is 9.98. The van der Waals surface area contributed by atoms with Crippen molar-refractivity contribution in [1.29, 1.82) is 0 Å². The third kappa shape index (κ3) is 4.38. The first kappa shape index (κ1) is 12.1. The standard InChI is InChI=1S/C12H21N3/c1-4-6-13-12(8-10(2)3)11-5-7-14-15-9-11/h5,7,9-10,12-13H,4,6,8H2,1-3H3. The Morgan fingerprint density at radius 3 is 2.67 bits per heavy atom. The monoisotopic (exact) mass is 207 g/mol. The molecule has 15 heavy (non-hydrogen) atoms. The van der Waals surface area contributed by atoms with Crippen LogP contribution < -0.4 is 5.32 Å². The summed E-state index contributed by atoms with van der Waals surface area (Å²) in [7, 11) is 0. The molecule has 0 spiro atoms. The molecule has 1 atom stereocenters. The molecule has 0 saturated heterocycles. The van der Waals surface area contributed by atoms with E-state index in [0.29, 0.717) is 12.0 Å². The van der Waals surface area contributed by atoms with Crippen molar-refractivity contribution in [3.63, 3.8) is 0 Å². The van der Waals surface area contributed by atoms with E-state index in [0.717, 1.165) is 19.4 Å². The van der Waals surface area contributed by atoms with Crippen molar-refractivity contribution in [2.45, 2.75) is 39.7 Å². The fraction of sp³-hybridized carbons (Fsp3) is 0.667. The van der Waals surface area contributed by atoms with Gasteiger partial charge in [-0.3, -0.25) is 0 Å². The molecule has 1 heterocycles. The molecule has 1 rings (SSSR count). The number of hydrogen-bond acceptors (Lipinski definition) is 3. The second-order valence-corrected chi connectivity index (χ2v) is 4.31. The van der Waals surface area contributed by atoms with Crippen LogP contribution in [0, 0.1) is 5.92 Å². The van der Waals surface area contributed by atoms with Gasteiger partial charge in [0.25, 0.3) is 0 Å².